The summed E-state index contributed by atoms with van der Waals surface area (Å²) in [5, 5.41) is 0. The summed E-state index contributed by atoms with van der Waals surface area (Å²) in [7, 11) is 0. The molecule has 0 aliphatic carbocycles. The molecule has 2 aromatic rings. The van der Waals surface area contributed by atoms with Crippen molar-refractivity contribution in [3.05, 3.63) is 70.8 Å². The second kappa shape index (κ2) is 9.77. The van der Waals surface area contributed by atoms with Crippen LogP contribution in [0.1, 0.15) is 71.4 Å². The molecular weight excluding hydrogens is 312 g/mol. The van der Waals surface area contributed by atoms with Crippen molar-refractivity contribution in [2.75, 3.05) is 0 Å². The third kappa shape index (κ3) is 5.28. The number of unbranched alkanes of at least 4 members (excludes halogenated alkanes) is 2. The van der Waals surface area contributed by atoms with Crippen LogP contribution in [-0.4, -0.2) is 11.9 Å². The average Bonchev–Trinajstić information content (AvgIpc) is 2.65. The first kappa shape index (κ1) is 18.9. The molecule has 0 saturated carbocycles. The van der Waals surface area contributed by atoms with Gasteiger partial charge in [0.15, 0.2) is 0 Å². The molecular formula is C22H26O3. The quantitative estimate of drug-likeness (QED) is 0.480. The molecule has 0 amide bonds. The van der Waals surface area contributed by atoms with Gasteiger partial charge in [-0.1, -0.05) is 63.1 Å². The molecule has 0 radical (unpaired) electrons. The van der Waals surface area contributed by atoms with Gasteiger partial charge in [-0.15, -0.1) is 0 Å². The number of ether oxygens (including phenoxy) is 1. The summed E-state index contributed by atoms with van der Waals surface area (Å²) in [6.07, 6.45) is 5.71. The van der Waals surface area contributed by atoms with E-state index in [1.54, 1.807) is 24.3 Å². The van der Waals surface area contributed by atoms with Gasteiger partial charge < -0.3 is 4.74 Å². The number of rotatable bonds is 8. The molecule has 3 heteroatoms. The Morgan fingerprint density at radius 1 is 0.720 bits per heavy atom. The lowest BCUT2D eigenvalue weighted by atomic mass is 10.0. The van der Waals surface area contributed by atoms with Crippen molar-refractivity contribution in [1.82, 2.24) is 0 Å². The van der Waals surface area contributed by atoms with Crippen molar-refractivity contribution in [3.8, 4) is 0 Å². The maximum absolute atomic E-state index is 12.5. The molecule has 25 heavy (non-hydrogen) atoms. The molecule has 0 aliphatic rings. The molecule has 0 spiro atoms. The van der Waals surface area contributed by atoms with Crippen molar-refractivity contribution in [2.24, 2.45) is 0 Å². The van der Waals surface area contributed by atoms with Gasteiger partial charge in [-0.2, -0.15) is 0 Å². The van der Waals surface area contributed by atoms with Crippen LogP contribution in [0.4, 0.5) is 0 Å². The summed E-state index contributed by atoms with van der Waals surface area (Å²) in [5.41, 5.74) is 2.83. The van der Waals surface area contributed by atoms with E-state index in [-0.39, 0.29) is 0 Å². The number of benzene rings is 2. The van der Waals surface area contributed by atoms with Gasteiger partial charge in [0.05, 0.1) is 11.1 Å². The van der Waals surface area contributed by atoms with E-state index in [1.165, 1.54) is 0 Å². The Labute approximate surface area is 150 Å². The van der Waals surface area contributed by atoms with E-state index in [1.807, 2.05) is 24.3 Å². The van der Waals surface area contributed by atoms with Gasteiger partial charge in [0.25, 0.3) is 0 Å². The molecule has 0 aliphatic heterocycles. The van der Waals surface area contributed by atoms with Gasteiger partial charge in [0.2, 0.25) is 0 Å². The Kier molecular flexibility index (Phi) is 7.39. The molecule has 0 unspecified atom stereocenters. The molecule has 0 saturated heterocycles. The second-order valence-corrected chi connectivity index (χ2v) is 6.20. The van der Waals surface area contributed by atoms with Crippen molar-refractivity contribution < 1.29 is 14.3 Å². The smallest absolute Gasteiger partial charge is 0.346 e. The standard InChI is InChI=1S/C22H26O3/c1-3-5-11-17-13-7-9-15-19(17)21(23)25-22(24)20-16-10-8-14-18(20)12-6-4-2/h7-10,13-16H,3-6,11-12H2,1-2H3. The molecule has 0 bridgehead atoms. The van der Waals surface area contributed by atoms with Crippen molar-refractivity contribution in [1.29, 1.82) is 0 Å². The van der Waals surface area contributed by atoms with Crippen molar-refractivity contribution in [3.63, 3.8) is 0 Å². The lowest BCUT2D eigenvalue weighted by Crippen LogP contribution is -2.16. The maximum atomic E-state index is 12.5. The maximum Gasteiger partial charge on any atom is 0.346 e. The molecule has 2 rings (SSSR count). The number of hydrogen-bond donors (Lipinski definition) is 0. The minimum Gasteiger partial charge on any atom is -0.386 e. The molecule has 0 heterocycles. The van der Waals surface area contributed by atoms with Gasteiger partial charge in [0.1, 0.15) is 0 Å². The summed E-state index contributed by atoms with van der Waals surface area (Å²) in [6.45, 7) is 4.22. The van der Waals surface area contributed by atoms with E-state index >= 15 is 0 Å². The highest BCUT2D eigenvalue weighted by molar-refractivity contribution is 6.03. The number of carbonyl (C=O) groups is 2. The predicted molar refractivity (Wildman–Crippen MR) is 99.9 cm³/mol. The Bertz CT molecular complexity index is 657. The first-order chi connectivity index (χ1) is 12.2. The Morgan fingerprint density at radius 2 is 1.12 bits per heavy atom. The van der Waals surface area contributed by atoms with Gasteiger partial charge in [-0.25, -0.2) is 9.59 Å². The summed E-state index contributed by atoms with van der Waals surface area (Å²) in [4.78, 5) is 25.0. The number of aryl methyl sites for hydroxylation is 2. The monoisotopic (exact) mass is 338 g/mol. The number of hydrogen-bond acceptors (Lipinski definition) is 3. The minimum atomic E-state index is -0.568. The highest BCUT2D eigenvalue weighted by Crippen LogP contribution is 2.17. The summed E-state index contributed by atoms with van der Waals surface area (Å²) in [5.74, 6) is -1.14. The van der Waals surface area contributed by atoms with E-state index in [9.17, 15) is 9.59 Å². The third-order valence-electron chi connectivity index (χ3n) is 4.26. The molecule has 2 aromatic carbocycles. The first-order valence-electron chi connectivity index (χ1n) is 9.09. The summed E-state index contributed by atoms with van der Waals surface area (Å²) in [6, 6.07) is 14.7. The zero-order valence-corrected chi connectivity index (χ0v) is 15.1. The van der Waals surface area contributed by atoms with Gasteiger partial charge >= 0.3 is 11.9 Å². The second-order valence-electron chi connectivity index (χ2n) is 6.20. The molecule has 132 valence electrons. The Hall–Kier alpha value is -2.42. The lowest BCUT2D eigenvalue weighted by Gasteiger charge is -2.10. The number of carbonyl (C=O) groups excluding carboxylic acids is 2. The molecule has 0 atom stereocenters. The molecule has 0 aromatic heterocycles. The van der Waals surface area contributed by atoms with E-state index in [0.717, 1.165) is 49.7 Å². The van der Waals surface area contributed by atoms with Crippen LogP contribution in [0.25, 0.3) is 0 Å². The summed E-state index contributed by atoms with van der Waals surface area (Å²) >= 11 is 0. The fourth-order valence-corrected chi connectivity index (χ4v) is 2.80. The van der Waals surface area contributed by atoms with Crippen LogP contribution in [0, 0.1) is 0 Å². The van der Waals surface area contributed by atoms with Crippen molar-refractivity contribution in [2.45, 2.75) is 52.4 Å². The van der Waals surface area contributed by atoms with Crippen LogP contribution in [0.5, 0.6) is 0 Å². The fraction of sp³-hybridized carbons (Fsp3) is 0.364. The Morgan fingerprint density at radius 3 is 1.52 bits per heavy atom. The highest BCUT2D eigenvalue weighted by atomic mass is 16.6. The highest BCUT2D eigenvalue weighted by Gasteiger charge is 2.19. The van der Waals surface area contributed by atoms with Crippen LogP contribution in [0.3, 0.4) is 0 Å². The van der Waals surface area contributed by atoms with Crippen LogP contribution in [-0.2, 0) is 17.6 Å². The van der Waals surface area contributed by atoms with Crippen LogP contribution < -0.4 is 0 Å². The Balaban J connectivity index is 2.15. The third-order valence-corrected chi connectivity index (χ3v) is 4.26. The largest absolute Gasteiger partial charge is 0.386 e. The zero-order valence-electron chi connectivity index (χ0n) is 15.1. The molecule has 0 fully saturated rings. The lowest BCUT2D eigenvalue weighted by molar-refractivity contribution is 0.0396. The normalized spacial score (nSPS) is 10.5. The van der Waals surface area contributed by atoms with E-state index in [4.69, 9.17) is 4.74 Å². The van der Waals surface area contributed by atoms with E-state index < -0.39 is 11.9 Å². The fourth-order valence-electron chi connectivity index (χ4n) is 2.80. The zero-order chi connectivity index (χ0) is 18.1. The average molecular weight is 338 g/mol. The van der Waals surface area contributed by atoms with Crippen LogP contribution in [0.2, 0.25) is 0 Å². The number of esters is 2. The van der Waals surface area contributed by atoms with Crippen LogP contribution in [0.15, 0.2) is 48.5 Å². The van der Waals surface area contributed by atoms with Gasteiger partial charge in [0, 0.05) is 0 Å². The van der Waals surface area contributed by atoms with Crippen molar-refractivity contribution >= 4 is 11.9 Å². The van der Waals surface area contributed by atoms with E-state index in [2.05, 4.69) is 13.8 Å². The topological polar surface area (TPSA) is 43.4 Å². The van der Waals surface area contributed by atoms with Gasteiger partial charge in [-0.05, 0) is 48.9 Å². The van der Waals surface area contributed by atoms with Gasteiger partial charge in [-0.3, -0.25) is 0 Å². The molecule has 0 N–H and O–H groups in total. The summed E-state index contributed by atoms with van der Waals surface area (Å²) < 4.78 is 5.19. The predicted octanol–water partition coefficient (Wildman–Crippen LogP) is 5.37. The SMILES string of the molecule is CCCCc1ccccc1C(=O)OC(=O)c1ccccc1CCCC. The van der Waals surface area contributed by atoms with Crippen LogP contribution >= 0.6 is 0 Å². The first-order valence-corrected chi connectivity index (χ1v) is 9.09. The minimum absolute atomic E-state index is 0.482. The van der Waals surface area contributed by atoms with E-state index in [0.29, 0.717) is 11.1 Å². The molecule has 3 nitrogen and oxygen atoms in total.